The molecule has 0 unspecified atom stereocenters. The van der Waals surface area contributed by atoms with E-state index in [2.05, 4.69) is 25.7 Å². The molecule has 2 heterocycles. The first kappa shape index (κ1) is 18.7. The van der Waals surface area contributed by atoms with E-state index in [1.165, 1.54) is 36.5 Å². The average molecular weight is 380 g/mol. The van der Waals surface area contributed by atoms with Gasteiger partial charge in [-0.15, -0.1) is 0 Å². The van der Waals surface area contributed by atoms with E-state index >= 15 is 0 Å². The van der Waals surface area contributed by atoms with Crippen LogP contribution in [-0.2, 0) is 9.53 Å². The molecule has 10 nitrogen and oxygen atoms in total. The molecule has 0 radical (unpaired) electrons. The number of esters is 1. The third-order valence-electron chi connectivity index (χ3n) is 3.56. The number of pyridine rings is 1. The normalized spacial score (nSPS) is 11.3. The molecule has 142 valence electrons. The Hall–Kier alpha value is -4.08. The molecular formula is C18H16N6O4. The van der Waals surface area contributed by atoms with E-state index in [0.717, 1.165) is 0 Å². The number of para-hydroxylation sites is 1. The summed E-state index contributed by atoms with van der Waals surface area (Å²) in [6.07, 6.45) is 2.95. The third-order valence-corrected chi connectivity index (χ3v) is 3.56. The van der Waals surface area contributed by atoms with E-state index in [0.29, 0.717) is 11.5 Å². The van der Waals surface area contributed by atoms with Gasteiger partial charge in [-0.3, -0.25) is 10.1 Å². The molecule has 0 bridgehead atoms. The van der Waals surface area contributed by atoms with Gasteiger partial charge in [-0.05, 0) is 31.2 Å². The Labute approximate surface area is 159 Å². The Balaban J connectivity index is 1.53. The summed E-state index contributed by atoms with van der Waals surface area (Å²) in [4.78, 5) is 43.9. The van der Waals surface area contributed by atoms with Crippen molar-refractivity contribution in [3.05, 3.63) is 66.9 Å². The minimum Gasteiger partial charge on any atom is -0.449 e. The molecule has 3 aromatic rings. The van der Waals surface area contributed by atoms with E-state index in [9.17, 15) is 14.4 Å². The van der Waals surface area contributed by atoms with Crippen molar-refractivity contribution in [2.75, 3.05) is 5.32 Å². The van der Waals surface area contributed by atoms with Crippen molar-refractivity contribution in [1.82, 2.24) is 25.1 Å². The smallest absolute Gasteiger partial charge is 0.340 e. The van der Waals surface area contributed by atoms with Gasteiger partial charge in [-0.25, -0.2) is 24.2 Å². The summed E-state index contributed by atoms with van der Waals surface area (Å²) in [6.45, 7) is 1.36. The highest BCUT2D eigenvalue weighted by molar-refractivity contribution is 6.03. The zero-order valence-electron chi connectivity index (χ0n) is 14.8. The van der Waals surface area contributed by atoms with Gasteiger partial charge in [0.05, 0.1) is 5.56 Å². The topological polar surface area (TPSA) is 128 Å². The van der Waals surface area contributed by atoms with Crippen LogP contribution in [0.5, 0.6) is 0 Å². The van der Waals surface area contributed by atoms with Gasteiger partial charge < -0.3 is 10.1 Å². The van der Waals surface area contributed by atoms with Crippen LogP contribution in [-0.4, -0.2) is 43.8 Å². The first-order valence-electron chi connectivity index (χ1n) is 8.22. The van der Waals surface area contributed by atoms with E-state index in [1.807, 2.05) is 0 Å². The van der Waals surface area contributed by atoms with Crippen molar-refractivity contribution in [1.29, 1.82) is 0 Å². The number of nitrogens with zero attached hydrogens (tertiary/aromatic N) is 4. The van der Waals surface area contributed by atoms with Crippen LogP contribution in [0.15, 0.2) is 61.3 Å². The second-order valence-corrected chi connectivity index (χ2v) is 5.60. The van der Waals surface area contributed by atoms with Crippen LogP contribution in [0.3, 0.4) is 0 Å². The maximum atomic E-state index is 12.2. The maximum Gasteiger partial charge on any atom is 0.340 e. The lowest BCUT2D eigenvalue weighted by atomic mass is 10.3. The van der Waals surface area contributed by atoms with Crippen LogP contribution in [0.4, 0.5) is 10.5 Å². The number of rotatable bonds is 5. The van der Waals surface area contributed by atoms with Crippen LogP contribution >= 0.6 is 0 Å². The summed E-state index contributed by atoms with van der Waals surface area (Å²) >= 11 is 0. The Kier molecular flexibility index (Phi) is 5.70. The highest BCUT2D eigenvalue weighted by Crippen LogP contribution is 2.08. The number of hydrogen-bond acceptors (Lipinski definition) is 7. The SMILES string of the molecule is C[C@H](OC(=O)c1ccc(-n2cncn2)nc1)C(=O)NC(=O)Nc1ccccc1. The monoisotopic (exact) mass is 380 g/mol. The quantitative estimate of drug-likeness (QED) is 0.643. The molecule has 0 aliphatic rings. The van der Waals surface area contributed by atoms with Gasteiger partial charge in [0.15, 0.2) is 11.9 Å². The molecule has 3 rings (SSSR count). The zero-order chi connectivity index (χ0) is 19.9. The number of ether oxygens (including phenoxy) is 1. The highest BCUT2D eigenvalue weighted by atomic mass is 16.5. The van der Waals surface area contributed by atoms with Gasteiger partial charge >= 0.3 is 12.0 Å². The summed E-state index contributed by atoms with van der Waals surface area (Å²) in [5.74, 6) is -1.03. The minimum absolute atomic E-state index is 0.150. The summed E-state index contributed by atoms with van der Waals surface area (Å²) in [5.41, 5.74) is 0.674. The summed E-state index contributed by atoms with van der Waals surface area (Å²) in [6, 6.07) is 10.9. The standard InChI is InChI=1S/C18H16N6O4/c1-12(16(25)23-18(27)22-14-5-3-2-4-6-14)28-17(26)13-7-8-15(20-9-13)24-11-19-10-21-24/h2-12H,1H3,(H2,22,23,25,27)/t12-/m0/s1. The number of benzene rings is 1. The fourth-order valence-corrected chi connectivity index (χ4v) is 2.15. The number of urea groups is 1. The number of nitrogens with one attached hydrogen (secondary N) is 2. The number of imide groups is 1. The molecule has 0 aliphatic carbocycles. The van der Waals surface area contributed by atoms with Crippen LogP contribution < -0.4 is 10.6 Å². The lowest BCUT2D eigenvalue weighted by Crippen LogP contribution is -2.41. The van der Waals surface area contributed by atoms with Crippen LogP contribution in [0, 0.1) is 0 Å². The molecule has 3 amide bonds. The van der Waals surface area contributed by atoms with Gasteiger partial charge in [-0.1, -0.05) is 18.2 Å². The average Bonchev–Trinajstić information content (AvgIpc) is 3.23. The number of aromatic nitrogens is 4. The van der Waals surface area contributed by atoms with Crippen molar-refractivity contribution in [3.8, 4) is 5.82 Å². The molecule has 10 heteroatoms. The predicted molar refractivity (Wildman–Crippen MR) is 97.6 cm³/mol. The second-order valence-electron chi connectivity index (χ2n) is 5.60. The van der Waals surface area contributed by atoms with Crippen molar-refractivity contribution < 1.29 is 19.1 Å². The molecule has 0 saturated heterocycles. The van der Waals surface area contributed by atoms with Crippen molar-refractivity contribution in [2.45, 2.75) is 13.0 Å². The lowest BCUT2D eigenvalue weighted by molar-refractivity contribution is -0.127. The first-order valence-corrected chi connectivity index (χ1v) is 8.22. The maximum absolute atomic E-state index is 12.2. The van der Waals surface area contributed by atoms with E-state index in [1.54, 1.807) is 36.4 Å². The fourth-order valence-electron chi connectivity index (χ4n) is 2.15. The first-order chi connectivity index (χ1) is 13.5. The number of carbonyl (C=O) groups is 3. The summed E-state index contributed by atoms with van der Waals surface area (Å²) < 4.78 is 6.50. The predicted octanol–water partition coefficient (Wildman–Crippen LogP) is 1.56. The van der Waals surface area contributed by atoms with Gasteiger partial charge in [-0.2, -0.15) is 5.10 Å². The van der Waals surface area contributed by atoms with Crippen LogP contribution in [0.1, 0.15) is 17.3 Å². The van der Waals surface area contributed by atoms with E-state index in [4.69, 9.17) is 4.74 Å². The molecular weight excluding hydrogens is 364 g/mol. The molecule has 2 N–H and O–H groups in total. The van der Waals surface area contributed by atoms with E-state index < -0.39 is 24.0 Å². The molecule has 2 aromatic heterocycles. The summed E-state index contributed by atoms with van der Waals surface area (Å²) in [7, 11) is 0. The number of hydrogen-bond donors (Lipinski definition) is 2. The van der Waals surface area contributed by atoms with Gasteiger partial charge in [0.1, 0.15) is 12.7 Å². The largest absolute Gasteiger partial charge is 0.449 e. The Bertz CT molecular complexity index is 958. The molecule has 0 spiro atoms. The second kappa shape index (κ2) is 8.54. The highest BCUT2D eigenvalue weighted by Gasteiger charge is 2.21. The van der Waals surface area contributed by atoms with Crippen molar-refractivity contribution in [3.63, 3.8) is 0 Å². The molecule has 28 heavy (non-hydrogen) atoms. The lowest BCUT2D eigenvalue weighted by Gasteiger charge is -2.13. The zero-order valence-corrected chi connectivity index (χ0v) is 14.8. The molecule has 0 aliphatic heterocycles. The Morgan fingerprint density at radius 1 is 1.11 bits per heavy atom. The Morgan fingerprint density at radius 3 is 2.54 bits per heavy atom. The minimum atomic E-state index is -1.18. The molecule has 0 saturated carbocycles. The van der Waals surface area contributed by atoms with Crippen molar-refractivity contribution >= 4 is 23.6 Å². The van der Waals surface area contributed by atoms with Gasteiger partial charge in [0, 0.05) is 11.9 Å². The van der Waals surface area contributed by atoms with Gasteiger partial charge in [0.25, 0.3) is 5.91 Å². The molecule has 0 fully saturated rings. The van der Waals surface area contributed by atoms with Crippen LogP contribution in [0.2, 0.25) is 0 Å². The fraction of sp³-hybridized carbons (Fsp3) is 0.111. The molecule has 1 atom stereocenters. The number of amides is 3. The summed E-state index contributed by atoms with van der Waals surface area (Å²) in [5, 5.41) is 8.54. The number of anilines is 1. The van der Waals surface area contributed by atoms with Crippen molar-refractivity contribution in [2.24, 2.45) is 0 Å². The molecule has 1 aromatic carbocycles. The van der Waals surface area contributed by atoms with Gasteiger partial charge in [0.2, 0.25) is 0 Å². The Morgan fingerprint density at radius 2 is 1.89 bits per heavy atom. The third kappa shape index (κ3) is 4.75. The van der Waals surface area contributed by atoms with Crippen LogP contribution in [0.25, 0.3) is 5.82 Å². The van der Waals surface area contributed by atoms with E-state index in [-0.39, 0.29) is 5.56 Å². The number of carbonyl (C=O) groups excluding carboxylic acids is 3.